The molecule has 2 heteroatoms. The third-order valence-electron chi connectivity index (χ3n) is 2.71. The van der Waals surface area contributed by atoms with Crippen molar-refractivity contribution in [3.8, 4) is 12.3 Å². The van der Waals surface area contributed by atoms with Crippen molar-refractivity contribution in [2.24, 2.45) is 5.73 Å². The molecule has 0 amide bonds. The summed E-state index contributed by atoms with van der Waals surface area (Å²) in [6.45, 7) is 0.603. The highest BCUT2D eigenvalue weighted by molar-refractivity contribution is 5.37. The molecule has 2 nitrogen and oxygen atoms in total. The van der Waals surface area contributed by atoms with Crippen molar-refractivity contribution >= 4 is 0 Å². The first-order valence-electron chi connectivity index (χ1n) is 4.84. The number of terminal acetylenes is 1. The van der Waals surface area contributed by atoms with E-state index in [2.05, 4.69) is 23.4 Å². The van der Waals surface area contributed by atoms with Crippen LogP contribution in [0.2, 0.25) is 0 Å². The lowest BCUT2D eigenvalue weighted by molar-refractivity contribution is 0.527. The maximum atomic E-state index is 6.02. The van der Waals surface area contributed by atoms with E-state index in [9.17, 15) is 0 Å². The molecule has 1 aliphatic carbocycles. The number of fused-ring (bicyclic) bond motifs is 1. The third kappa shape index (κ3) is 1.52. The molecule has 14 heavy (non-hydrogen) atoms. The SMILES string of the molecule is C#CCNC1CC(N)c2ccccc21. The van der Waals surface area contributed by atoms with E-state index in [0.717, 1.165) is 6.42 Å². The van der Waals surface area contributed by atoms with Gasteiger partial charge in [0.15, 0.2) is 0 Å². The number of nitrogens with one attached hydrogen (secondary N) is 1. The van der Waals surface area contributed by atoms with Gasteiger partial charge in [-0.2, -0.15) is 0 Å². The van der Waals surface area contributed by atoms with Crippen molar-refractivity contribution in [1.29, 1.82) is 0 Å². The van der Waals surface area contributed by atoms with Crippen LogP contribution in [-0.2, 0) is 0 Å². The summed E-state index contributed by atoms with van der Waals surface area (Å²) in [6, 6.07) is 8.77. The first kappa shape index (κ1) is 9.26. The zero-order chi connectivity index (χ0) is 9.97. The molecule has 2 unspecified atom stereocenters. The van der Waals surface area contributed by atoms with Gasteiger partial charge in [-0.05, 0) is 17.5 Å². The molecule has 1 aromatic carbocycles. The van der Waals surface area contributed by atoms with E-state index < -0.39 is 0 Å². The standard InChI is InChI=1S/C12H14N2/c1-2-7-14-12-8-11(13)9-5-3-4-6-10(9)12/h1,3-6,11-12,14H,7-8,13H2. The van der Waals surface area contributed by atoms with Crippen molar-refractivity contribution in [3.05, 3.63) is 35.4 Å². The van der Waals surface area contributed by atoms with Crippen LogP contribution in [-0.4, -0.2) is 6.54 Å². The van der Waals surface area contributed by atoms with Gasteiger partial charge in [0.25, 0.3) is 0 Å². The molecule has 0 saturated heterocycles. The molecule has 0 radical (unpaired) electrons. The van der Waals surface area contributed by atoms with Crippen molar-refractivity contribution in [1.82, 2.24) is 5.32 Å². The Balaban J connectivity index is 2.22. The molecular formula is C12H14N2. The van der Waals surface area contributed by atoms with Crippen molar-refractivity contribution < 1.29 is 0 Å². The minimum absolute atomic E-state index is 0.154. The predicted octanol–water partition coefficient (Wildman–Crippen LogP) is 1.35. The van der Waals surface area contributed by atoms with Crippen LogP contribution in [0.5, 0.6) is 0 Å². The van der Waals surface area contributed by atoms with Crippen LogP contribution in [0.15, 0.2) is 24.3 Å². The van der Waals surface area contributed by atoms with Gasteiger partial charge in [0.2, 0.25) is 0 Å². The van der Waals surface area contributed by atoms with Gasteiger partial charge >= 0.3 is 0 Å². The van der Waals surface area contributed by atoms with Gasteiger partial charge < -0.3 is 5.73 Å². The second-order valence-electron chi connectivity index (χ2n) is 3.61. The Morgan fingerprint density at radius 1 is 1.43 bits per heavy atom. The highest BCUT2D eigenvalue weighted by Crippen LogP contribution is 2.36. The average Bonchev–Trinajstić information content (AvgIpc) is 2.54. The Labute approximate surface area is 84.5 Å². The molecule has 0 spiro atoms. The second-order valence-corrected chi connectivity index (χ2v) is 3.61. The number of rotatable bonds is 2. The normalized spacial score (nSPS) is 24.3. The number of nitrogens with two attached hydrogens (primary N) is 1. The number of hydrogen-bond acceptors (Lipinski definition) is 2. The minimum atomic E-state index is 0.154. The summed E-state index contributed by atoms with van der Waals surface area (Å²) in [5.41, 5.74) is 8.57. The Morgan fingerprint density at radius 3 is 2.86 bits per heavy atom. The summed E-state index contributed by atoms with van der Waals surface area (Å²) >= 11 is 0. The Hall–Kier alpha value is -1.30. The van der Waals surface area contributed by atoms with Crippen molar-refractivity contribution in [3.63, 3.8) is 0 Å². The monoisotopic (exact) mass is 186 g/mol. The van der Waals surface area contributed by atoms with Crippen LogP contribution in [0.25, 0.3) is 0 Å². The van der Waals surface area contributed by atoms with E-state index in [1.165, 1.54) is 11.1 Å². The summed E-state index contributed by atoms with van der Waals surface area (Å²) in [5.74, 6) is 2.59. The molecule has 0 saturated carbocycles. The molecule has 72 valence electrons. The van der Waals surface area contributed by atoms with Gasteiger partial charge in [-0.3, -0.25) is 5.32 Å². The zero-order valence-corrected chi connectivity index (χ0v) is 8.03. The second kappa shape index (κ2) is 3.83. The highest BCUT2D eigenvalue weighted by atomic mass is 14.9. The molecule has 0 aromatic heterocycles. The van der Waals surface area contributed by atoms with E-state index >= 15 is 0 Å². The molecule has 2 atom stereocenters. The zero-order valence-electron chi connectivity index (χ0n) is 8.03. The number of hydrogen-bond donors (Lipinski definition) is 2. The minimum Gasteiger partial charge on any atom is -0.324 e. The molecule has 0 bridgehead atoms. The van der Waals surface area contributed by atoms with Crippen LogP contribution in [0.3, 0.4) is 0 Å². The molecule has 0 heterocycles. The average molecular weight is 186 g/mol. The largest absolute Gasteiger partial charge is 0.324 e. The third-order valence-corrected chi connectivity index (χ3v) is 2.71. The van der Waals surface area contributed by atoms with Crippen LogP contribution in [0, 0.1) is 12.3 Å². The van der Waals surface area contributed by atoms with Gasteiger partial charge in [0, 0.05) is 12.1 Å². The van der Waals surface area contributed by atoms with E-state index in [0.29, 0.717) is 12.6 Å². The molecule has 0 aliphatic heterocycles. The lowest BCUT2D eigenvalue weighted by Gasteiger charge is -2.10. The van der Waals surface area contributed by atoms with Crippen molar-refractivity contribution in [2.45, 2.75) is 18.5 Å². The first-order valence-corrected chi connectivity index (χ1v) is 4.84. The van der Waals surface area contributed by atoms with Crippen LogP contribution in [0.1, 0.15) is 29.6 Å². The summed E-state index contributed by atoms with van der Waals surface area (Å²) in [4.78, 5) is 0. The van der Waals surface area contributed by atoms with Gasteiger partial charge in [0.1, 0.15) is 0 Å². The fourth-order valence-corrected chi connectivity index (χ4v) is 2.05. The van der Waals surface area contributed by atoms with Gasteiger partial charge in [0.05, 0.1) is 6.54 Å². The van der Waals surface area contributed by atoms with Crippen LogP contribution >= 0.6 is 0 Å². The van der Waals surface area contributed by atoms with E-state index in [1.54, 1.807) is 0 Å². The number of benzene rings is 1. The summed E-state index contributed by atoms with van der Waals surface area (Å²) in [7, 11) is 0. The summed E-state index contributed by atoms with van der Waals surface area (Å²) < 4.78 is 0. The molecular weight excluding hydrogens is 172 g/mol. The van der Waals surface area contributed by atoms with E-state index in [4.69, 9.17) is 12.2 Å². The lowest BCUT2D eigenvalue weighted by atomic mass is 10.1. The maximum absolute atomic E-state index is 6.02. The van der Waals surface area contributed by atoms with Gasteiger partial charge in [-0.1, -0.05) is 30.2 Å². The fraction of sp³-hybridized carbons (Fsp3) is 0.333. The Kier molecular flexibility index (Phi) is 2.53. The maximum Gasteiger partial charge on any atom is 0.0578 e. The van der Waals surface area contributed by atoms with Crippen LogP contribution in [0.4, 0.5) is 0 Å². The molecule has 2 rings (SSSR count). The predicted molar refractivity (Wildman–Crippen MR) is 57.6 cm³/mol. The van der Waals surface area contributed by atoms with E-state index in [1.807, 2.05) is 12.1 Å². The van der Waals surface area contributed by atoms with Crippen molar-refractivity contribution in [2.75, 3.05) is 6.54 Å². The van der Waals surface area contributed by atoms with Gasteiger partial charge in [-0.25, -0.2) is 0 Å². The molecule has 1 aromatic rings. The topological polar surface area (TPSA) is 38.0 Å². The summed E-state index contributed by atoms with van der Waals surface area (Å²) in [5, 5.41) is 3.30. The van der Waals surface area contributed by atoms with Crippen LogP contribution < -0.4 is 11.1 Å². The Morgan fingerprint density at radius 2 is 2.14 bits per heavy atom. The molecule has 1 aliphatic rings. The smallest absolute Gasteiger partial charge is 0.0578 e. The first-order chi connectivity index (χ1) is 6.83. The molecule has 3 N–H and O–H groups in total. The summed E-state index contributed by atoms with van der Waals surface area (Å²) in [6.07, 6.45) is 6.16. The lowest BCUT2D eigenvalue weighted by Crippen LogP contribution is -2.20. The van der Waals surface area contributed by atoms with E-state index in [-0.39, 0.29) is 6.04 Å². The highest BCUT2D eigenvalue weighted by Gasteiger charge is 2.27. The Bertz CT molecular complexity index is 365. The molecule has 0 fully saturated rings. The quantitative estimate of drug-likeness (QED) is 0.684. The van der Waals surface area contributed by atoms with Gasteiger partial charge in [-0.15, -0.1) is 6.42 Å². The fourth-order valence-electron chi connectivity index (χ4n) is 2.05.